The van der Waals surface area contributed by atoms with Crippen LogP contribution in [0.25, 0.3) is 11.0 Å². The Morgan fingerprint density at radius 1 is 1.46 bits per heavy atom. The Balaban J connectivity index is 2.92. The molecule has 3 nitrogen and oxygen atoms in total. The first-order chi connectivity index (χ1) is 6.24. The average molecular weight is 174 g/mol. The van der Waals surface area contributed by atoms with E-state index in [0.717, 1.165) is 23.1 Å². The Morgan fingerprint density at radius 3 is 2.92 bits per heavy atom. The molecule has 0 N–H and O–H groups in total. The number of para-hydroxylation sites is 1. The summed E-state index contributed by atoms with van der Waals surface area (Å²) in [4.78, 5) is 15.0. The summed E-state index contributed by atoms with van der Waals surface area (Å²) in [6.07, 6.45) is 0.842. The van der Waals surface area contributed by atoms with Crippen molar-refractivity contribution in [2.75, 3.05) is 0 Å². The first-order valence-corrected chi connectivity index (χ1v) is 4.11. The van der Waals surface area contributed by atoms with Gasteiger partial charge in [-0.15, -0.1) is 0 Å². The standard InChI is InChI=1S/C10H10N2O/c1-7-11-10-8(6-13)4-3-5-9(10)12(7)2/h3-6H,1-2H3. The Labute approximate surface area is 76.0 Å². The lowest BCUT2D eigenvalue weighted by Gasteiger charge is -1.95. The van der Waals surface area contributed by atoms with Crippen molar-refractivity contribution in [2.45, 2.75) is 6.92 Å². The van der Waals surface area contributed by atoms with Gasteiger partial charge in [0.2, 0.25) is 0 Å². The van der Waals surface area contributed by atoms with Gasteiger partial charge in [0.05, 0.1) is 11.0 Å². The van der Waals surface area contributed by atoms with Crippen LogP contribution in [0.1, 0.15) is 16.2 Å². The molecule has 2 rings (SSSR count). The third kappa shape index (κ3) is 1.04. The molecule has 0 saturated carbocycles. The number of aromatic nitrogens is 2. The van der Waals surface area contributed by atoms with Crippen LogP contribution >= 0.6 is 0 Å². The number of nitrogens with zero attached hydrogens (tertiary/aromatic N) is 2. The first-order valence-electron chi connectivity index (χ1n) is 4.11. The van der Waals surface area contributed by atoms with Gasteiger partial charge < -0.3 is 4.57 Å². The molecule has 0 radical (unpaired) electrons. The zero-order valence-corrected chi connectivity index (χ0v) is 7.61. The summed E-state index contributed by atoms with van der Waals surface area (Å²) in [7, 11) is 1.94. The van der Waals surface area contributed by atoms with Crippen LogP contribution in [0.5, 0.6) is 0 Å². The lowest BCUT2D eigenvalue weighted by Crippen LogP contribution is -1.89. The van der Waals surface area contributed by atoms with Crippen molar-refractivity contribution in [1.29, 1.82) is 0 Å². The topological polar surface area (TPSA) is 34.9 Å². The van der Waals surface area contributed by atoms with E-state index in [2.05, 4.69) is 4.98 Å². The molecule has 0 aliphatic rings. The van der Waals surface area contributed by atoms with Gasteiger partial charge in [0.15, 0.2) is 6.29 Å². The fraction of sp³-hybridized carbons (Fsp3) is 0.200. The molecule has 0 aliphatic heterocycles. The Bertz CT molecular complexity index is 471. The van der Waals surface area contributed by atoms with Gasteiger partial charge >= 0.3 is 0 Å². The zero-order valence-electron chi connectivity index (χ0n) is 7.61. The fourth-order valence-electron chi connectivity index (χ4n) is 1.45. The van der Waals surface area contributed by atoms with E-state index in [0.29, 0.717) is 5.56 Å². The molecule has 0 bridgehead atoms. The van der Waals surface area contributed by atoms with Crippen molar-refractivity contribution in [2.24, 2.45) is 7.05 Å². The lowest BCUT2D eigenvalue weighted by atomic mass is 10.2. The highest BCUT2D eigenvalue weighted by Crippen LogP contribution is 2.16. The first kappa shape index (κ1) is 7.98. The Morgan fingerprint density at radius 2 is 2.23 bits per heavy atom. The minimum atomic E-state index is 0.654. The second kappa shape index (κ2) is 2.69. The van der Waals surface area contributed by atoms with Crippen molar-refractivity contribution in [3.63, 3.8) is 0 Å². The molecule has 1 aromatic heterocycles. The van der Waals surface area contributed by atoms with Crippen molar-refractivity contribution in [1.82, 2.24) is 9.55 Å². The van der Waals surface area contributed by atoms with E-state index in [1.165, 1.54) is 0 Å². The minimum absolute atomic E-state index is 0.654. The van der Waals surface area contributed by atoms with Gasteiger partial charge in [-0.3, -0.25) is 4.79 Å². The van der Waals surface area contributed by atoms with Gasteiger partial charge in [-0.05, 0) is 19.1 Å². The molecule has 3 heteroatoms. The molecule has 0 amide bonds. The van der Waals surface area contributed by atoms with E-state index >= 15 is 0 Å². The molecule has 0 aliphatic carbocycles. The van der Waals surface area contributed by atoms with Crippen LogP contribution in [-0.2, 0) is 7.05 Å². The van der Waals surface area contributed by atoms with Crippen molar-refractivity contribution in [3.8, 4) is 0 Å². The molecule has 0 fully saturated rings. The molecule has 0 atom stereocenters. The maximum atomic E-state index is 10.7. The highest BCUT2D eigenvalue weighted by atomic mass is 16.1. The van der Waals surface area contributed by atoms with Gasteiger partial charge in [0, 0.05) is 12.6 Å². The van der Waals surface area contributed by atoms with Gasteiger partial charge in [0.1, 0.15) is 5.82 Å². The number of fused-ring (bicyclic) bond motifs is 1. The summed E-state index contributed by atoms with van der Waals surface area (Å²) in [5, 5.41) is 0. The lowest BCUT2D eigenvalue weighted by molar-refractivity contribution is 0.112. The molecule has 66 valence electrons. The zero-order chi connectivity index (χ0) is 9.42. The summed E-state index contributed by atoms with van der Waals surface area (Å²) in [6.45, 7) is 1.93. The number of carbonyl (C=O) groups is 1. The SMILES string of the molecule is Cc1nc2c(C=O)cccc2n1C. The summed E-state index contributed by atoms with van der Waals surface area (Å²) in [5.41, 5.74) is 2.45. The monoisotopic (exact) mass is 174 g/mol. The molecule has 1 aromatic carbocycles. The highest BCUT2D eigenvalue weighted by molar-refractivity contribution is 5.94. The third-order valence-electron chi connectivity index (χ3n) is 2.29. The van der Waals surface area contributed by atoms with E-state index in [4.69, 9.17) is 0 Å². The molecule has 0 unspecified atom stereocenters. The number of hydrogen-bond acceptors (Lipinski definition) is 2. The molecular formula is C10H10N2O. The summed E-state index contributed by atoms with van der Waals surface area (Å²) < 4.78 is 1.97. The summed E-state index contributed by atoms with van der Waals surface area (Å²) in [5.74, 6) is 0.921. The summed E-state index contributed by atoms with van der Waals surface area (Å²) in [6, 6.07) is 5.61. The molecule has 13 heavy (non-hydrogen) atoms. The Kier molecular flexibility index (Phi) is 1.65. The maximum Gasteiger partial charge on any atom is 0.152 e. The van der Waals surface area contributed by atoms with Crippen LogP contribution in [0.4, 0.5) is 0 Å². The van der Waals surface area contributed by atoms with Gasteiger partial charge in [-0.1, -0.05) is 6.07 Å². The van der Waals surface area contributed by atoms with Gasteiger partial charge in [-0.2, -0.15) is 0 Å². The number of rotatable bonds is 1. The second-order valence-electron chi connectivity index (χ2n) is 3.05. The van der Waals surface area contributed by atoms with Crippen LogP contribution in [0, 0.1) is 6.92 Å². The molecule has 2 aromatic rings. The van der Waals surface area contributed by atoms with Gasteiger partial charge in [-0.25, -0.2) is 4.98 Å². The highest BCUT2D eigenvalue weighted by Gasteiger charge is 2.06. The molecular weight excluding hydrogens is 164 g/mol. The predicted octanol–water partition coefficient (Wildman–Crippen LogP) is 1.69. The van der Waals surface area contributed by atoms with Crippen LogP contribution in [-0.4, -0.2) is 15.8 Å². The number of carbonyl (C=O) groups excluding carboxylic acids is 1. The average Bonchev–Trinajstić information content (AvgIpc) is 2.43. The normalized spacial score (nSPS) is 10.6. The number of aryl methyl sites for hydroxylation is 2. The van der Waals surface area contributed by atoms with Crippen LogP contribution in [0.3, 0.4) is 0 Å². The van der Waals surface area contributed by atoms with Crippen molar-refractivity contribution >= 4 is 17.3 Å². The quantitative estimate of drug-likeness (QED) is 0.617. The van der Waals surface area contributed by atoms with E-state index in [-0.39, 0.29) is 0 Å². The van der Waals surface area contributed by atoms with E-state index < -0.39 is 0 Å². The summed E-state index contributed by atoms with van der Waals surface area (Å²) >= 11 is 0. The number of aldehydes is 1. The van der Waals surface area contributed by atoms with Crippen molar-refractivity contribution in [3.05, 3.63) is 29.6 Å². The molecule has 1 heterocycles. The largest absolute Gasteiger partial charge is 0.331 e. The molecule has 0 spiro atoms. The van der Waals surface area contributed by atoms with E-state index in [1.807, 2.05) is 30.7 Å². The number of imidazole rings is 1. The van der Waals surface area contributed by atoms with E-state index in [9.17, 15) is 4.79 Å². The third-order valence-corrected chi connectivity index (χ3v) is 2.29. The fourth-order valence-corrected chi connectivity index (χ4v) is 1.45. The van der Waals surface area contributed by atoms with Crippen LogP contribution in [0.2, 0.25) is 0 Å². The molecule has 0 saturated heterocycles. The van der Waals surface area contributed by atoms with Crippen LogP contribution < -0.4 is 0 Å². The Hall–Kier alpha value is -1.64. The van der Waals surface area contributed by atoms with Crippen LogP contribution in [0.15, 0.2) is 18.2 Å². The predicted molar refractivity (Wildman–Crippen MR) is 50.8 cm³/mol. The smallest absolute Gasteiger partial charge is 0.152 e. The van der Waals surface area contributed by atoms with E-state index in [1.54, 1.807) is 6.07 Å². The number of hydrogen-bond donors (Lipinski definition) is 0. The number of benzene rings is 1. The van der Waals surface area contributed by atoms with Crippen molar-refractivity contribution < 1.29 is 4.79 Å². The maximum absolute atomic E-state index is 10.7. The van der Waals surface area contributed by atoms with Gasteiger partial charge in [0.25, 0.3) is 0 Å². The minimum Gasteiger partial charge on any atom is -0.331 e. The second-order valence-corrected chi connectivity index (χ2v) is 3.05.